The third-order valence-electron chi connectivity index (χ3n) is 3.29. The summed E-state index contributed by atoms with van der Waals surface area (Å²) in [5.74, 6) is 3.46. The third kappa shape index (κ3) is 4.06. The van der Waals surface area contributed by atoms with Crippen molar-refractivity contribution in [2.24, 2.45) is 5.92 Å². The Balaban J connectivity index is 2.15. The molecule has 0 saturated carbocycles. The summed E-state index contributed by atoms with van der Waals surface area (Å²) >= 11 is 0. The number of hydrogen-bond acceptors (Lipinski definition) is 5. The molecule has 2 heterocycles. The quantitative estimate of drug-likeness (QED) is 0.865. The fraction of sp³-hybridized carbons (Fsp3) is 0.714. The molecule has 0 aromatic carbocycles. The number of rotatable bonds is 4. The zero-order valence-electron chi connectivity index (χ0n) is 12.2. The molecule has 0 bridgehead atoms. The van der Waals surface area contributed by atoms with Crippen LogP contribution >= 0.6 is 0 Å². The van der Waals surface area contributed by atoms with Gasteiger partial charge in [-0.25, -0.2) is 9.97 Å². The van der Waals surface area contributed by atoms with Crippen LogP contribution in [-0.2, 0) is 0 Å². The van der Waals surface area contributed by atoms with E-state index in [0.717, 1.165) is 56.6 Å². The van der Waals surface area contributed by atoms with E-state index in [1.807, 2.05) is 6.92 Å². The highest BCUT2D eigenvalue weighted by Gasteiger charge is 2.16. The Hall–Kier alpha value is -1.36. The van der Waals surface area contributed by atoms with Crippen molar-refractivity contribution in [3.8, 4) is 0 Å². The molecule has 1 fully saturated rings. The molecule has 2 rings (SSSR count). The van der Waals surface area contributed by atoms with Gasteiger partial charge < -0.3 is 15.5 Å². The van der Waals surface area contributed by atoms with Crippen LogP contribution in [0.4, 0.5) is 11.6 Å². The molecule has 106 valence electrons. The van der Waals surface area contributed by atoms with E-state index < -0.39 is 0 Å². The van der Waals surface area contributed by atoms with Crippen molar-refractivity contribution in [2.75, 3.05) is 42.9 Å². The van der Waals surface area contributed by atoms with Gasteiger partial charge in [0.05, 0.1) is 0 Å². The first-order chi connectivity index (χ1) is 9.19. The average molecular weight is 263 g/mol. The lowest BCUT2D eigenvalue weighted by atomic mass is 10.2. The number of nitrogens with one attached hydrogen (secondary N) is 2. The molecule has 1 unspecified atom stereocenters. The predicted octanol–water partition coefficient (Wildman–Crippen LogP) is 1.65. The van der Waals surface area contributed by atoms with Gasteiger partial charge in [0.25, 0.3) is 0 Å². The standard InChI is InChI=1S/C14H25N5/c1-4-5-16-13-8-14(18-12(3)17-13)19-7-6-15-9-11(2)10-19/h8,11,15H,4-7,9-10H2,1-3H3,(H,16,17,18). The summed E-state index contributed by atoms with van der Waals surface area (Å²) in [5, 5.41) is 6.81. The van der Waals surface area contributed by atoms with Crippen molar-refractivity contribution in [2.45, 2.75) is 27.2 Å². The van der Waals surface area contributed by atoms with Crippen LogP contribution in [0, 0.1) is 12.8 Å². The first kappa shape index (κ1) is 14.1. The lowest BCUT2D eigenvalue weighted by molar-refractivity contribution is 0.562. The van der Waals surface area contributed by atoms with Gasteiger partial charge in [0, 0.05) is 32.2 Å². The van der Waals surface area contributed by atoms with Crippen LogP contribution in [-0.4, -0.2) is 42.7 Å². The van der Waals surface area contributed by atoms with E-state index >= 15 is 0 Å². The second-order valence-corrected chi connectivity index (χ2v) is 5.34. The van der Waals surface area contributed by atoms with Gasteiger partial charge in [-0.3, -0.25) is 0 Å². The normalized spacial score (nSPS) is 20.2. The van der Waals surface area contributed by atoms with Crippen molar-refractivity contribution in [3.63, 3.8) is 0 Å². The molecule has 0 radical (unpaired) electrons. The van der Waals surface area contributed by atoms with Gasteiger partial charge in [0.1, 0.15) is 17.5 Å². The van der Waals surface area contributed by atoms with Gasteiger partial charge in [-0.15, -0.1) is 0 Å². The molecule has 5 heteroatoms. The Labute approximate surface area is 115 Å². The maximum Gasteiger partial charge on any atom is 0.134 e. The van der Waals surface area contributed by atoms with Gasteiger partial charge in [-0.2, -0.15) is 0 Å². The van der Waals surface area contributed by atoms with E-state index in [9.17, 15) is 0 Å². The second kappa shape index (κ2) is 6.70. The van der Waals surface area contributed by atoms with Gasteiger partial charge in [-0.05, 0) is 25.8 Å². The summed E-state index contributed by atoms with van der Waals surface area (Å²) in [7, 11) is 0. The molecule has 1 aliphatic rings. The molecule has 19 heavy (non-hydrogen) atoms. The van der Waals surface area contributed by atoms with Gasteiger partial charge in [-0.1, -0.05) is 13.8 Å². The fourth-order valence-electron chi connectivity index (χ4n) is 2.36. The van der Waals surface area contributed by atoms with Crippen LogP contribution in [0.5, 0.6) is 0 Å². The molecule has 0 aliphatic carbocycles. The van der Waals surface area contributed by atoms with Crippen molar-refractivity contribution < 1.29 is 0 Å². The van der Waals surface area contributed by atoms with Crippen LogP contribution in [0.1, 0.15) is 26.1 Å². The monoisotopic (exact) mass is 263 g/mol. The third-order valence-corrected chi connectivity index (χ3v) is 3.29. The Kier molecular flexibility index (Phi) is 4.96. The van der Waals surface area contributed by atoms with Gasteiger partial charge >= 0.3 is 0 Å². The lowest BCUT2D eigenvalue weighted by Gasteiger charge is -2.24. The Morgan fingerprint density at radius 1 is 1.47 bits per heavy atom. The molecule has 1 aromatic rings. The van der Waals surface area contributed by atoms with Crippen LogP contribution in [0.25, 0.3) is 0 Å². The average Bonchev–Trinajstić information content (AvgIpc) is 2.60. The van der Waals surface area contributed by atoms with E-state index in [4.69, 9.17) is 0 Å². The van der Waals surface area contributed by atoms with Crippen LogP contribution in [0.15, 0.2) is 6.07 Å². The van der Waals surface area contributed by atoms with Crippen LogP contribution in [0.2, 0.25) is 0 Å². The van der Waals surface area contributed by atoms with E-state index in [0.29, 0.717) is 5.92 Å². The van der Waals surface area contributed by atoms with Gasteiger partial charge in [0.15, 0.2) is 0 Å². The molecule has 0 spiro atoms. The zero-order valence-corrected chi connectivity index (χ0v) is 12.2. The molecular weight excluding hydrogens is 238 g/mol. The fourth-order valence-corrected chi connectivity index (χ4v) is 2.36. The summed E-state index contributed by atoms with van der Waals surface area (Å²) in [6.45, 7) is 11.5. The molecule has 5 nitrogen and oxygen atoms in total. The summed E-state index contributed by atoms with van der Waals surface area (Å²) in [5.41, 5.74) is 0. The zero-order chi connectivity index (χ0) is 13.7. The first-order valence-corrected chi connectivity index (χ1v) is 7.24. The number of aryl methyl sites for hydroxylation is 1. The lowest BCUT2D eigenvalue weighted by Crippen LogP contribution is -2.30. The molecule has 1 atom stereocenters. The van der Waals surface area contributed by atoms with Crippen LogP contribution in [0.3, 0.4) is 0 Å². The summed E-state index contributed by atoms with van der Waals surface area (Å²) in [4.78, 5) is 11.4. The van der Waals surface area contributed by atoms with E-state index in [1.165, 1.54) is 0 Å². The number of aromatic nitrogens is 2. The summed E-state index contributed by atoms with van der Waals surface area (Å²) in [6.07, 6.45) is 1.10. The molecule has 1 aromatic heterocycles. The minimum absolute atomic E-state index is 0.643. The van der Waals surface area contributed by atoms with E-state index in [2.05, 4.69) is 45.4 Å². The number of anilines is 2. The topological polar surface area (TPSA) is 53.1 Å². The van der Waals surface area contributed by atoms with Crippen molar-refractivity contribution in [1.29, 1.82) is 0 Å². The Bertz CT molecular complexity index is 407. The molecular formula is C14H25N5. The highest BCUT2D eigenvalue weighted by Crippen LogP contribution is 2.18. The SMILES string of the molecule is CCCNc1cc(N2CCNCC(C)C2)nc(C)n1. The van der Waals surface area contributed by atoms with Crippen molar-refractivity contribution in [1.82, 2.24) is 15.3 Å². The van der Waals surface area contributed by atoms with E-state index in [-0.39, 0.29) is 0 Å². The van der Waals surface area contributed by atoms with Crippen molar-refractivity contribution >= 4 is 11.6 Å². The number of hydrogen-bond donors (Lipinski definition) is 2. The van der Waals surface area contributed by atoms with E-state index in [1.54, 1.807) is 0 Å². The molecule has 2 N–H and O–H groups in total. The molecule has 1 aliphatic heterocycles. The summed E-state index contributed by atoms with van der Waals surface area (Å²) in [6, 6.07) is 2.07. The first-order valence-electron chi connectivity index (χ1n) is 7.24. The van der Waals surface area contributed by atoms with Gasteiger partial charge in [0.2, 0.25) is 0 Å². The maximum absolute atomic E-state index is 4.59. The molecule has 1 saturated heterocycles. The van der Waals surface area contributed by atoms with Crippen LogP contribution < -0.4 is 15.5 Å². The minimum atomic E-state index is 0.643. The largest absolute Gasteiger partial charge is 0.370 e. The maximum atomic E-state index is 4.59. The second-order valence-electron chi connectivity index (χ2n) is 5.34. The predicted molar refractivity (Wildman–Crippen MR) is 79.8 cm³/mol. The Morgan fingerprint density at radius 2 is 2.32 bits per heavy atom. The highest BCUT2D eigenvalue weighted by atomic mass is 15.2. The highest BCUT2D eigenvalue weighted by molar-refractivity contribution is 5.49. The minimum Gasteiger partial charge on any atom is -0.370 e. The Morgan fingerprint density at radius 3 is 3.11 bits per heavy atom. The summed E-state index contributed by atoms with van der Waals surface area (Å²) < 4.78 is 0. The number of nitrogens with zero attached hydrogens (tertiary/aromatic N) is 3. The van der Waals surface area contributed by atoms with Crippen molar-refractivity contribution in [3.05, 3.63) is 11.9 Å². The smallest absolute Gasteiger partial charge is 0.134 e. The molecule has 0 amide bonds.